The van der Waals surface area contributed by atoms with E-state index in [9.17, 15) is 0 Å². The van der Waals surface area contributed by atoms with Crippen molar-refractivity contribution in [1.29, 1.82) is 0 Å². The van der Waals surface area contributed by atoms with Gasteiger partial charge in [0.25, 0.3) is 0 Å². The number of hydrogen-bond donors (Lipinski definition) is 0. The number of rotatable bonds is 3. The Hall–Kier alpha value is -0.870. The van der Waals surface area contributed by atoms with E-state index in [-0.39, 0.29) is 0 Å². The molecule has 1 atom stereocenters. The normalized spacial score (nSPS) is 27.3. The minimum Gasteiger partial charge on any atom is -0.360 e. The van der Waals surface area contributed by atoms with Gasteiger partial charge in [-0.15, -0.1) is 0 Å². The lowest BCUT2D eigenvalue weighted by Crippen LogP contribution is -2.61. The first-order valence-electron chi connectivity index (χ1n) is 7.12. The molecule has 0 N–H and O–H groups in total. The molecule has 2 aliphatic rings. The third-order valence-corrected chi connectivity index (χ3v) is 4.32. The highest BCUT2D eigenvalue weighted by Crippen LogP contribution is 2.25. The second kappa shape index (κ2) is 5.02. The molecule has 0 saturated carbocycles. The van der Waals surface area contributed by atoms with Crippen molar-refractivity contribution >= 4 is 0 Å². The van der Waals surface area contributed by atoms with Gasteiger partial charge in [-0.3, -0.25) is 9.80 Å². The van der Waals surface area contributed by atoms with E-state index in [0.717, 1.165) is 30.1 Å². The van der Waals surface area contributed by atoms with E-state index in [2.05, 4.69) is 21.9 Å². The predicted molar refractivity (Wildman–Crippen MR) is 70.3 cm³/mol. The number of hydrogen-bond acceptors (Lipinski definition) is 4. The summed E-state index contributed by atoms with van der Waals surface area (Å²) in [4.78, 5) is 5.15. The van der Waals surface area contributed by atoms with Gasteiger partial charge in [0, 0.05) is 31.2 Å². The predicted octanol–water partition coefficient (Wildman–Crippen LogP) is 2.04. The molecule has 3 heterocycles. The Bertz CT molecular complexity index is 397. The van der Waals surface area contributed by atoms with Crippen molar-refractivity contribution in [2.75, 3.05) is 19.6 Å². The van der Waals surface area contributed by atoms with Gasteiger partial charge in [0.2, 0.25) is 0 Å². The van der Waals surface area contributed by atoms with Crippen LogP contribution in [0.3, 0.4) is 0 Å². The van der Waals surface area contributed by atoms with Crippen molar-refractivity contribution in [3.63, 3.8) is 0 Å². The number of aromatic nitrogens is 1. The van der Waals surface area contributed by atoms with Crippen LogP contribution >= 0.6 is 0 Å². The van der Waals surface area contributed by atoms with Crippen molar-refractivity contribution in [1.82, 2.24) is 15.0 Å². The fourth-order valence-electron chi connectivity index (χ4n) is 3.26. The lowest BCUT2D eigenvalue weighted by molar-refractivity contribution is -0.00961. The highest BCUT2D eigenvalue weighted by atomic mass is 16.5. The lowest BCUT2D eigenvalue weighted by Gasteiger charge is -2.49. The molecule has 1 unspecified atom stereocenters. The van der Waals surface area contributed by atoms with E-state index < -0.39 is 0 Å². The fourth-order valence-corrected chi connectivity index (χ4v) is 3.26. The summed E-state index contributed by atoms with van der Waals surface area (Å²) in [6.07, 6.45) is 4.16. The first-order chi connectivity index (χ1) is 8.72. The van der Waals surface area contributed by atoms with E-state index in [1.165, 1.54) is 38.9 Å². The Morgan fingerprint density at radius 2 is 2.22 bits per heavy atom. The number of piperidine rings is 1. The zero-order valence-corrected chi connectivity index (χ0v) is 11.4. The maximum Gasteiger partial charge on any atom is 0.150 e. The third kappa shape index (κ3) is 2.45. The van der Waals surface area contributed by atoms with Crippen molar-refractivity contribution in [2.45, 2.75) is 51.7 Å². The van der Waals surface area contributed by atoms with Gasteiger partial charge < -0.3 is 4.52 Å². The van der Waals surface area contributed by atoms with E-state index in [1.807, 2.05) is 13.0 Å². The molecule has 3 rings (SSSR count). The maximum atomic E-state index is 5.27. The molecule has 4 heteroatoms. The molecule has 0 aliphatic carbocycles. The van der Waals surface area contributed by atoms with E-state index in [0.29, 0.717) is 0 Å². The Balaban J connectivity index is 1.48. The minimum absolute atomic E-state index is 0.768. The molecule has 1 aromatic heterocycles. The molecule has 2 aliphatic heterocycles. The molecule has 0 radical (unpaired) electrons. The summed E-state index contributed by atoms with van der Waals surface area (Å²) >= 11 is 0. The van der Waals surface area contributed by atoms with Gasteiger partial charge in [-0.2, -0.15) is 0 Å². The Morgan fingerprint density at radius 1 is 1.39 bits per heavy atom. The molecule has 0 bridgehead atoms. The van der Waals surface area contributed by atoms with Crippen LogP contribution in [0.5, 0.6) is 0 Å². The van der Waals surface area contributed by atoms with Gasteiger partial charge >= 0.3 is 0 Å². The molecule has 0 aromatic carbocycles. The van der Waals surface area contributed by atoms with Crippen LogP contribution in [0.25, 0.3) is 0 Å². The van der Waals surface area contributed by atoms with Crippen LogP contribution in [-0.2, 0) is 6.54 Å². The quantitative estimate of drug-likeness (QED) is 0.820. The van der Waals surface area contributed by atoms with Gasteiger partial charge in [-0.05, 0) is 33.2 Å². The third-order valence-electron chi connectivity index (χ3n) is 4.32. The highest BCUT2D eigenvalue weighted by molar-refractivity contribution is 5.04. The fraction of sp³-hybridized carbons (Fsp3) is 0.786. The molecule has 100 valence electrons. The van der Waals surface area contributed by atoms with Crippen molar-refractivity contribution in [3.05, 3.63) is 17.5 Å². The van der Waals surface area contributed by atoms with Gasteiger partial charge in [-0.1, -0.05) is 11.6 Å². The summed E-state index contributed by atoms with van der Waals surface area (Å²) in [5.74, 6) is 0.998. The van der Waals surface area contributed by atoms with Gasteiger partial charge in [0.05, 0.1) is 12.2 Å². The average Bonchev–Trinajstić information content (AvgIpc) is 2.70. The molecule has 0 amide bonds. The van der Waals surface area contributed by atoms with Crippen LogP contribution in [0.4, 0.5) is 0 Å². The first kappa shape index (κ1) is 12.2. The smallest absolute Gasteiger partial charge is 0.150 e. The monoisotopic (exact) mass is 249 g/mol. The molecule has 2 fully saturated rings. The number of likely N-dealkylation sites (tertiary alicyclic amines) is 2. The molecule has 0 spiro atoms. The summed E-state index contributed by atoms with van der Waals surface area (Å²) < 4.78 is 5.27. The van der Waals surface area contributed by atoms with Gasteiger partial charge in [0.1, 0.15) is 0 Å². The van der Waals surface area contributed by atoms with Crippen LogP contribution in [0.1, 0.15) is 37.6 Å². The van der Waals surface area contributed by atoms with Crippen LogP contribution in [0.2, 0.25) is 0 Å². The molecule has 18 heavy (non-hydrogen) atoms. The van der Waals surface area contributed by atoms with E-state index in [4.69, 9.17) is 4.52 Å². The van der Waals surface area contributed by atoms with Crippen LogP contribution < -0.4 is 0 Å². The molecule has 2 saturated heterocycles. The topological polar surface area (TPSA) is 32.5 Å². The largest absolute Gasteiger partial charge is 0.360 e. The van der Waals surface area contributed by atoms with E-state index in [1.54, 1.807) is 0 Å². The zero-order valence-electron chi connectivity index (χ0n) is 11.4. The van der Waals surface area contributed by atoms with Crippen molar-refractivity contribution in [2.24, 2.45) is 0 Å². The molecular weight excluding hydrogens is 226 g/mol. The summed E-state index contributed by atoms with van der Waals surface area (Å²) in [6, 6.07) is 3.58. The van der Waals surface area contributed by atoms with Gasteiger partial charge in [0.15, 0.2) is 5.76 Å². The standard InChI is InChI=1S/C14H23N3O/c1-11-7-14(18-15-11)10-16-8-13(9-16)17-6-4-3-5-12(17)2/h7,12-13H,3-6,8-10H2,1-2H3. The maximum absolute atomic E-state index is 5.27. The average molecular weight is 249 g/mol. The van der Waals surface area contributed by atoms with Crippen LogP contribution in [0, 0.1) is 6.92 Å². The van der Waals surface area contributed by atoms with Crippen molar-refractivity contribution in [3.8, 4) is 0 Å². The highest BCUT2D eigenvalue weighted by Gasteiger charge is 2.35. The Labute approximate surface area is 109 Å². The van der Waals surface area contributed by atoms with Crippen LogP contribution in [-0.4, -0.2) is 46.7 Å². The first-order valence-corrected chi connectivity index (χ1v) is 7.12. The summed E-state index contributed by atoms with van der Waals surface area (Å²) in [7, 11) is 0. The Kier molecular flexibility index (Phi) is 3.39. The van der Waals surface area contributed by atoms with Crippen LogP contribution in [0.15, 0.2) is 10.6 Å². The molecule has 4 nitrogen and oxygen atoms in total. The summed E-state index contributed by atoms with van der Waals surface area (Å²) in [5.41, 5.74) is 0.978. The van der Waals surface area contributed by atoms with Gasteiger partial charge in [-0.25, -0.2) is 0 Å². The number of nitrogens with zero attached hydrogens (tertiary/aromatic N) is 3. The summed E-state index contributed by atoms with van der Waals surface area (Å²) in [6.45, 7) is 8.93. The Morgan fingerprint density at radius 3 is 2.89 bits per heavy atom. The SMILES string of the molecule is Cc1cc(CN2CC(N3CCCCC3C)C2)on1. The minimum atomic E-state index is 0.768. The lowest BCUT2D eigenvalue weighted by atomic mass is 9.97. The second-order valence-corrected chi connectivity index (χ2v) is 5.87. The van der Waals surface area contributed by atoms with Crippen molar-refractivity contribution < 1.29 is 4.52 Å². The van der Waals surface area contributed by atoms with E-state index >= 15 is 0 Å². The second-order valence-electron chi connectivity index (χ2n) is 5.87. The zero-order chi connectivity index (χ0) is 12.5. The number of aryl methyl sites for hydroxylation is 1. The summed E-state index contributed by atoms with van der Waals surface area (Å²) in [5, 5.41) is 3.94. The molecule has 1 aromatic rings. The molecular formula is C14H23N3O.